The molecule has 0 spiro atoms. The molecule has 0 bridgehead atoms. The van der Waals surface area contributed by atoms with Crippen LogP contribution in [0.5, 0.6) is 0 Å². The number of nitrogens with zero attached hydrogens (tertiary/aromatic N) is 2. The number of nitrogens with one attached hydrogen (secondary N) is 2. The molecular formula is C12H10N4O2S. The monoisotopic (exact) mass is 274 g/mol. The lowest BCUT2D eigenvalue weighted by Crippen LogP contribution is -2.33. The van der Waals surface area contributed by atoms with Crippen molar-refractivity contribution < 1.29 is 9.21 Å². The Balaban J connectivity index is 1.98. The van der Waals surface area contributed by atoms with Crippen molar-refractivity contribution in [2.75, 3.05) is 0 Å². The lowest BCUT2D eigenvalue weighted by molar-refractivity contribution is 0.0913. The standard InChI is InChI=1S/C12H10N4O2S/c1-8-7-19-12(15-8)9(5-13)6-14-16-11(17)10-3-2-4-18-10/h2-4,6-7,14H,1H3,(H,16,17)/b9-6+. The van der Waals surface area contributed by atoms with Crippen molar-refractivity contribution in [3.63, 3.8) is 0 Å². The first-order valence-electron chi connectivity index (χ1n) is 5.33. The number of aromatic nitrogens is 1. The van der Waals surface area contributed by atoms with Crippen molar-refractivity contribution in [3.8, 4) is 6.07 Å². The van der Waals surface area contributed by atoms with Crippen LogP contribution in [0.2, 0.25) is 0 Å². The number of hydrazine groups is 1. The minimum absolute atomic E-state index is 0.185. The van der Waals surface area contributed by atoms with E-state index < -0.39 is 5.91 Å². The van der Waals surface area contributed by atoms with Gasteiger partial charge in [0.25, 0.3) is 0 Å². The van der Waals surface area contributed by atoms with Gasteiger partial charge in [0.05, 0.1) is 6.26 Å². The van der Waals surface area contributed by atoms with Crippen molar-refractivity contribution >= 4 is 22.8 Å². The van der Waals surface area contributed by atoms with Crippen LogP contribution in [0.25, 0.3) is 5.57 Å². The number of nitriles is 1. The fourth-order valence-corrected chi connectivity index (χ4v) is 2.03. The first-order valence-corrected chi connectivity index (χ1v) is 6.21. The summed E-state index contributed by atoms with van der Waals surface area (Å²) in [5.74, 6) is -0.238. The van der Waals surface area contributed by atoms with Crippen LogP contribution in [-0.4, -0.2) is 10.9 Å². The third kappa shape index (κ3) is 3.20. The Morgan fingerprint density at radius 3 is 3.05 bits per heavy atom. The third-order valence-corrected chi connectivity index (χ3v) is 3.11. The van der Waals surface area contributed by atoms with Crippen molar-refractivity contribution in [1.82, 2.24) is 15.8 Å². The van der Waals surface area contributed by atoms with Crippen LogP contribution in [0, 0.1) is 18.3 Å². The number of amides is 1. The highest BCUT2D eigenvalue weighted by Crippen LogP contribution is 2.17. The maximum atomic E-state index is 11.5. The molecule has 0 aliphatic rings. The quantitative estimate of drug-likeness (QED) is 0.655. The number of hydrogen-bond donors (Lipinski definition) is 2. The molecule has 2 aromatic rings. The van der Waals surface area contributed by atoms with Crippen molar-refractivity contribution in [3.05, 3.63) is 46.4 Å². The second-order valence-electron chi connectivity index (χ2n) is 3.54. The molecule has 2 aromatic heterocycles. The highest BCUT2D eigenvalue weighted by molar-refractivity contribution is 7.10. The van der Waals surface area contributed by atoms with E-state index in [9.17, 15) is 4.79 Å². The van der Waals surface area contributed by atoms with Gasteiger partial charge in [0.2, 0.25) is 0 Å². The highest BCUT2D eigenvalue weighted by Gasteiger charge is 2.08. The largest absolute Gasteiger partial charge is 0.459 e. The molecule has 19 heavy (non-hydrogen) atoms. The first-order chi connectivity index (χ1) is 9.20. The van der Waals surface area contributed by atoms with Crippen LogP contribution in [0.1, 0.15) is 21.3 Å². The lowest BCUT2D eigenvalue weighted by atomic mass is 10.3. The molecule has 2 rings (SSSR count). The fraction of sp³-hybridized carbons (Fsp3) is 0.0833. The van der Waals surface area contributed by atoms with Gasteiger partial charge in [0.15, 0.2) is 5.76 Å². The first kappa shape index (κ1) is 12.9. The molecule has 96 valence electrons. The van der Waals surface area contributed by atoms with Crippen molar-refractivity contribution in [2.24, 2.45) is 0 Å². The number of rotatable bonds is 4. The van der Waals surface area contributed by atoms with Crippen LogP contribution in [0.4, 0.5) is 0 Å². The topological polar surface area (TPSA) is 91.0 Å². The number of allylic oxidation sites excluding steroid dienone is 1. The summed E-state index contributed by atoms with van der Waals surface area (Å²) < 4.78 is 4.92. The molecule has 0 saturated carbocycles. The summed E-state index contributed by atoms with van der Waals surface area (Å²) in [6, 6.07) is 5.16. The second kappa shape index (κ2) is 5.84. The van der Waals surface area contributed by atoms with E-state index in [1.165, 1.54) is 29.9 Å². The molecule has 0 aliphatic carbocycles. The number of furan rings is 1. The number of hydrogen-bond acceptors (Lipinski definition) is 6. The van der Waals surface area contributed by atoms with Crippen molar-refractivity contribution in [2.45, 2.75) is 6.92 Å². The van der Waals surface area contributed by atoms with Gasteiger partial charge >= 0.3 is 5.91 Å². The van der Waals surface area contributed by atoms with Gasteiger partial charge < -0.3 is 9.84 Å². The van der Waals surface area contributed by atoms with E-state index in [2.05, 4.69) is 15.8 Å². The second-order valence-corrected chi connectivity index (χ2v) is 4.40. The highest BCUT2D eigenvalue weighted by atomic mass is 32.1. The maximum absolute atomic E-state index is 11.5. The SMILES string of the molecule is Cc1csc(/C(C#N)=C/NNC(=O)c2ccco2)n1. The summed E-state index contributed by atoms with van der Waals surface area (Å²) in [5.41, 5.74) is 6.14. The Morgan fingerprint density at radius 2 is 2.47 bits per heavy atom. The van der Waals surface area contributed by atoms with Crippen LogP contribution in [-0.2, 0) is 0 Å². The molecule has 0 atom stereocenters. The van der Waals surface area contributed by atoms with E-state index in [0.29, 0.717) is 10.6 Å². The minimum Gasteiger partial charge on any atom is -0.459 e. The molecule has 2 N–H and O–H groups in total. The Hall–Kier alpha value is -2.59. The predicted molar refractivity (Wildman–Crippen MR) is 69.8 cm³/mol. The van der Waals surface area contributed by atoms with Gasteiger partial charge in [-0.05, 0) is 19.1 Å². The molecule has 1 amide bonds. The molecule has 6 nitrogen and oxygen atoms in total. The van der Waals surface area contributed by atoms with E-state index >= 15 is 0 Å². The average molecular weight is 274 g/mol. The van der Waals surface area contributed by atoms with E-state index in [-0.39, 0.29) is 5.76 Å². The predicted octanol–water partition coefficient (Wildman–Crippen LogP) is 1.84. The van der Waals surface area contributed by atoms with Gasteiger partial charge in [0.1, 0.15) is 16.6 Å². The molecular weight excluding hydrogens is 264 g/mol. The zero-order chi connectivity index (χ0) is 13.7. The van der Waals surface area contributed by atoms with E-state index in [1.807, 2.05) is 18.4 Å². The van der Waals surface area contributed by atoms with Gasteiger partial charge in [-0.15, -0.1) is 11.3 Å². The fourth-order valence-electron chi connectivity index (χ4n) is 1.26. The average Bonchev–Trinajstić information content (AvgIpc) is 3.05. The summed E-state index contributed by atoms with van der Waals surface area (Å²) in [6.45, 7) is 1.85. The normalized spacial score (nSPS) is 10.8. The number of aryl methyl sites for hydroxylation is 1. The van der Waals surface area contributed by atoms with Gasteiger partial charge in [-0.25, -0.2) is 4.98 Å². The molecule has 7 heteroatoms. The number of thiazole rings is 1. The van der Waals surface area contributed by atoms with E-state index in [4.69, 9.17) is 9.68 Å². The van der Waals surface area contributed by atoms with Gasteiger partial charge in [-0.3, -0.25) is 10.2 Å². The molecule has 0 radical (unpaired) electrons. The molecule has 0 aliphatic heterocycles. The Bertz CT molecular complexity index is 637. The van der Waals surface area contributed by atoms with E-state index in [1.54, 1.807) is 6.07 Å². The Kier molecular flexibility index (Phi) is 3.95. The maximum Gasteiger partial charge on any atom is 0.305 e. The van der Waals surface area contributed by atoms with Crippen LogP contribution < -0.4 is 10.9 Å². The summed E-state index contributed by atoms with van der Waals surface area (Å²) >= 11 is 1.37. The zero-order valence-corrected chi connectivity index (χ0v) is 10.8. The summed E-state index contributed by atoms with van der Waals surface area (Å²) in [5, 5.41) is 11.5. The summed E-state index contributed by atoms with van der Waals surface area (Å²) in [7, 11) is 0. The van der Waals surface area contributed by atoms with Gasteiger partial charge in [-0.2, -0.15) is 5.26 Å². The molecule has 0 saturated heterocycles. The van der Waals surface area contributed by atoms with E-state index in [0.717, 1.165) is 5.69 Å². The lowest BCUT2D eigenvalue weighted by Gasteiger charge is -2.02. The van der Waals surface area contributed by atoms with Crippen LogP contribution >= 0.6 is 11.3 Å². The molecule has 0 unspecified atom stereocenters. The van der Waals surface area contributed by atoms with Crippen LogP contribution in [0.15, 0.2) is 34.4 Å². The van der Waals surface area contributed by atoms with Crippen LogP contribution in [0.3, 0.4) is 0 Å². The van der Waals surface area contributed by atoms with Crippen molar-refractivity contribution in [1.29, 1.82) is 5.26 Å². The third-order valence-electron chi connectivity index (χ3n) is 2.12. The molecule has 0 fully saturated rings. The molecule has 0 aromatic carbocycles. The molecule has 2 heterocycles. The minimum atomic E-state index is -0.422. The summed E-state index contributed by atoms with van der Waals surface area (Å²) in [4.78, 5) is 15.7. The number of carbonyl (C=O) groups is 1. The van der Waals surface area contributed by atoms with Gasteiger partial charge in [0, 0.05) is 17.3 Å². The Morgan fingerprint density at radius 1 is 1.63 bits per heavy atom. The smallest absolute Gasteiger partial charge is 0.305 e. The van der Waals surface area contributed by atoms with Gasteiger partial charge in [-0.1, -0.05) is 0 Å². The summed E-state index contributed by atoms with van der Waals surface area (Å²) in [6.07, 6.45) is 2.79. The Labute approximate surface area is 113 Å². The number of carbonyl (C=O) groups excluding carboxylic acids is 1. The zero-order valence-electron chi connectivity index (χ0n) is 10.0.